The van der Waals surface area contributed by atoms with E-state index in [0.717, 1.165) is 0 Å². The molecule has 0 radical (unpaired) electrons. The second-order valence-electron chi connectivity index (χ2n) is 23.6. The van der Waals surface area contributed by atoms with Crippen LogP contribution in [0.15, 0.2) is 85.1 Å². The first-order valence-corrected chi connectivity index (χ1v) is 30.4. The van der Waals surface area contributed by atoms with Crippen molar-refractivity contribution in [2.75, 3.05) is 13.2 Å². The zero-order valence-electron chi connectivity index (χ0n) is 53.0. The van der Waals surface area contributed by atoms with Crippen molar-refractivity contribution >= 4 is 88.1 Å². The zero-order chi connectivity index (χ0) is 69.9. The summed E-state index contributed by atoms with van der Waals surface area (Å²) in [6.07, 6.45) is -2.55. The quantitative estimate of drug-likeness (QED) is 0.0193. The molecule has 31 heteroatoms. The van der Waals surface area contributed by atoms with Crippen LogP contribution in [0.2, 0.25) is 0 Å². The number of amides is 11. The highest BCUT2D eigenvalue weighted by atomic mass is 16.4. The summed E-state index contributed by atoms with van der Waals surface area (Å²) >= 11 is 0. The van der Waals surface area contributed by atoms with Gasteiger partial charge in [0.25, 0.3) is 0 Å². The molecule has 0 fully saturated rings. The molecule has 4 aromatic rings. The summed E-state index contributed by atoms with van der Waals surface area (Å²) in [6, 6.07) is 3.40. The molecular weight excluding hydrogens is 1230 g/mol. The van der Waals surface area contributed by atoms with Crippen molar-refractivity contribution in [3.63, 3.8) is 0 Å². The molecule has 0 spiro atoms. The van der Waals surface area contributed by atoms with Crippen molar-refractivity contribution < 1.29 is 87.9 Å². The van der Waals surface area contributed by atoms with Crippen LogP contribution in [0.3, 0.4) is 0 Å². The van der Waals surface area contributed by atoms with Crippen molar-refractivity contribution in [3.05, 3.63) is 102 Å². The van der Waals surface area contributed by atoms with Crippen molar-refractivity contribution in [2.45, 2.75) is 165 Å². The van der Waals surface area contributed by atoms with Gasteiger partial charge in [-0.25, -0.2) is 0 Å². The lowest BCUT2D eigenvalue weighted by molar-refractivity contribution is -0.138. The lowest BCUT2D eigenvalue weighted by atomic mass is 9.99. The number of phenols is 1. The third-order valence-electron chi connectivity index (χ3n) is 14.7. The highest BCUT2D eigenvalue weighted by molar-refractivity contribution is 6.00. The number of hydrogen-bond acceptors (Lipinski definition) is 18. The number of nitrogens with two attached hydrogens (primary N) is 2. The van der Waals surface area contributed by atoms with E-state index in [0.29, 0.717) is 33.9 Å². The summed E-state index contributed by atoms with van der Waals surface area (Å²) in [5, 5.41) is 74.5. The summed E-state index contributed by atoms with van der Waals surface area (Å²) in [5.74, 6) is -13.3. The van der Waals surface area contributed by atoms with Crippen LogP contribution < -0.4 is 64.6 Å². The van der Waals surface area contributed by atoms with Crippen molar-refractivity contribution in [2.24, 2.45) is 23.3 Å². The maximum atomic E-state index is 14.9. The second-order valence-corrected chi connectivity index (χ2v) is 23.6. The number of carboxylic acid groups (broad SMARTS) is 1. The Bertz CT molecular complexity index is 3270. The predicted molar refractivity (Wildman–Crippen MR) is 338 cm³/mol. The highest BCUT2D eigenvalue weighted by Gasteiger charge is 2.37. The molecule has 0 aliphatic carbocycles. The molecule has 0 unspecified atom stereocenters. The van der Waals surface area contributed by atoms with Gasteiger partial charge < -0.3 is 99.9 Å². The van der Waals surface area contributed by atoms with Gasteiger partial charge in [-0.15, -0.1) is 0 Å². The Morgan fingerprint density at radius 3 is 1.45 bits per heavy atom. The van der Waals surface area contributed by atoms with Crippen LogP contribution in [0.5, 0.6) is 5.75 Å². The normalized spacial score (nSPS) is 15.1. The monoisotopic (exact) mass is 1310 g/mol. The first-order chi connectivity index (χ1) is 44.4. The average Bonchev–Trinajstić information content (AvgIpc) is 1.60. The number of carboxylic acids is 1. The first kappa shape index (κ1) is 76.6. The van der Waals surface area contributed by atoms with Gasteiger partial charge in [-0.2, -0.15) is 0 Å². The number of H-pyrrole nitrogens is 1. The van der Waals surface area contributed by atoms with Crippen molar-refractivity contribution in [1.29, 1.82) is 0 Å². The van der Waals surface area contributed by atoms with Gasteiger partial charge in [0, 0.05) is 42.8 Å². The van der Waals surface area contributed by atoms with Crippen molar-refractivity contribution in [3.8, 4) is 5.75 Å². The Kier molecular flexibility index (Phi) is 30.6. The van der Waals surface area contributed by atoms with Gasteiger partial charge in [0.2, 0.25) is 65.0 Å². The molecule has 1 heterocycles. The number of para-hydroxylation sites is 1. The van der Waals surface area contributed by atoms with Crippen LogP contribution in [-0.2, 0) is 81.6 Å². The Balaban J connectivity index is 1.68. The van der Waals surface area contributed by atoms with E-state index >= 15 is 0 Å². The molecule has 31 nitrogen and oxygen atoms in total. The topological polar surface area (TPSA) is 511 Å². The number of aromatic amines is 1. The molecule has 0 aliphatic heterocycles. The van der Waals surface area contributed by atoms with E-state index in [9.17, 15) is 87.9 Å². The molecule has 12 atom stereocenters. The van der Waals surface area contributed by atoms with E-state index in [1.54, 1.807) is 88.5 Å². The highest BCUT2D eigenvalue weighted by Crippen LogP contribution is 2.21. The number of carbonyl (C=O) groups is 13. The number of hydrogen-bond donors (Lipinski definition) is 18. The minimum atomic E-state index is -1.83. The van der Waals surface area contributed by atoms with E-state index in [1.807, 2.05) is 0 Å². The van der Waals surface area contributed by atoms with E-state index in [-0.39, 0.29) is 43.3 Å². The SMILES string of the molecule is CC(C)C[C@H](NC(=O)[C@H](CC(C)C)NC(=O)[C@H](CC(N)=O)NC(=O)[C@H](Cc1c[nH]c2ccccc12)NC(=O)[C@H](Cc1ccc(O)cc1)NC(=O)[C@H](CCC(=O)O)NC(=O)[C@H](C)NC(=O)[C@H](Cc1ccccc1)NC(=O)[C@H](CO)NC(=O)[C@@H](N)[C@@H](C)O)C(=O)N[C@H](C=O)CO. The van der Waals surface area contributed by atoms with Crippen LogP contribution in [0.4, 0.5) is 0 Å². The molecule has 512 valence electrons. The number of aliphatic hydroxyl groups excluding tert-OH is 3. The average molecular weight is 1310 g/mol. The van der Waals surface area contributed by atoms with Gasteiger partial charge in [-0.05, 0) is 79.8 Å². The number of aromatic hydroxyl groups is 1. The van der Waals surface area contributed by atoms with E-state index < -0.39 is 182 Å². The number of aldehydes is 1. The van der Waals surface area contributed by atoms with E-state index in [1.165, 1.54) is 38.1 Å². The van der Waals surface area contributed by atoms with Crippen LogP contribution in [-0.4, -0.2) is 194 Å². The fourth-order valence-corrected chi connectivity index (χ4v) is 9.62. The van der Waals surface area contributed by atoms with Crippen LogP contribution in [0.1, 0.15) is 90.3 Å². The summed E-state index contributed by atoms with van der Waals surface area (Å²) in [5.41, 5.74) is 13.2. The molecule has 3 aromatic carbocycles. The minimum absolute atomic E-state index is 0.0415. The Morgan fingerprint density at radius 2 is 0.936 bits per heavy atom. The fraction of sp³-hybridized carbons (Fsp3) is 0.476. The van der Waals surface area contributed by atoms with E-state index in [4.69, 9.17) is 11.5 Å². The Labute approximate surface area is 541 Å². The first-order valence-electron chi connectivity index (χ1n) is 30.4. The molecule has 0 saturated carbocycles. The molecule has 0 saturated heterocycles. The Hall–Kier alpha value is -9.85. The third kappa shape index (κ3) is 25.0. The number of fused-ring (bicyclic) bond motifs is 1. The number of benzene rings is 3. The second kappa shape index (κ2) is 37.6. The van der Waals surface area contributed by atoms with Gasteiger partial charge in [-0.3, -0.25) is 57.5 Å². The van der Waals surface area contributed by atoms with Crippen LogP contribution >= 0.6 is 0 Å². The molecule has 94 heavy (non-hydrogen) atoms. The van der Waals surface area contributed by atoms with Gasteiger partial charge in [0.15, 0.2) is 0 Å². The van der Waals surface area contributed by atoms with Gasteiger partial charge in [-0.1, -0.05) is 88.4 Å². The van der Waals surface area contributed by atoms with Crippen LogP contribution in [0.25, 0.3) is 10.9 Å². The number of phenolic OH excluding ortho intramolecular Hbond substituents is 1. The number of aliphatic hydroxyl groups is 3. The number of primary amides is 1. The Morgan fingerprint density at radius 1 is 0.500 bits per heavy atom. The van der Waals surface area contributed by atoms with Crippen LogP contribution in [0, 0.1) is 11.8 Å². The number of rotatable bonds is 39. The standard InChI is InChI=1S/C63H87N13O18/c1-32(2)22-44(57(88)68-39(29-77)30-78)70-58(89)45(23-33(3)4)71-61(92)49(27-51(64)82)75-60(91)48(26-38-28-66-42-15-11-10-14-41(38)42)74-59(90)47(25-37-16-18-40(81)19-17-37)72-55(86)43(20-21-52(83)84)69-54(85)34(5)67-56(87)46(24-36-12-8-7-9-13-36)73-62(93)50(31-79)76-63(94)53(65)35(6)80/h7-19,28-29,32-35,39,43-50,53,66,78-81H,20-27,30-31,65H2,1-6H3,(H2,64,82)(H,67,87)(H,68,88)(H,69,85)(H,70,89)(H,71,92)(H,72,86)(H,73,93)(H,74,90)(H,75,91)(H,76,94)(H,83,84)/t34-,35+,39+,43-,44-,45-,46-,47-,48-,49-,50-,53-/m0/s1. The maximum Gasteiger partial charge on any atom is 0.303 e. The zero-order valence-corrected chi connectivity index (χ0v) is 53.0. The molecule has 20 N–H and O–H groups in total. The van der Waals surface area contributed by atoms with Gasteiger partial charge >= 0.3 is 5.97 Å². The van der Waals surface area contributed by atoms with Gasteiger partial charge in [0.1, 0.15) is 78.5 Å². The third-order valence-corrected chi connectivity index (χ3v) is 14.7. The largest absolute Gasteiger partial charge is 0.508 e. The number of carbonyl (C=O) groups excluding carboxylic acids is 12. The fourth-order valence-electron chi connectivity index (χ4n) is 9.62. The number of aliphatic carboxylic acids is 1. The minimum Gasteiger partial charge on any atom is -0.508 e. The van der Waals surface area contributed by atoms with Gasteiger partial charge in [0.05, 0.1) is 25.7 Å². The predicted octanol–water partition coefficient (Wildman–Crippen LogP) is -3.51. The number of nitrogens with one attached hydrogen (secondary N) is 11. The molecule has 11 amide bonds. The van der Waals surface area contributed by atoms with E-state index in [2.05, 4.69) is 58.2 Å². The lowest BCUT2D eigenvalue weighted by Crippen LogP contribution is -2.61. The molecular formula is C63H87N13O18. The maximum absolute atomic E-state index is 14.9. The number of aromatic nitrogens is 1. The summed E-state index contributed by atoms with van der Waals surface area (Å²) in [4.78, 5) is 179. The van der Waals surface area contributed by atoms with Crippen molar-refractivity contribution in [1.82, 2.24) is 58.2 Å². The summed E-state index contributed by atoms with van der Waals surface area (Å²) < 4.78 is 0. The summed E-state index contributed by atoms with van der Waals surface area (Å²) in [7, 11) is 0. The lowest BCUT2D eigenvalue weighted by Gasteiger charge is -2.28. The molecule has 1 aromatic heterocycles. The molecule has 4 rings (SSSR count). The smallest absolute Gasteiger partial charge is 0.303 e. The molecule has 0 bridgehead atoms. The molecule has 0 aliphatic rings. The summed E-state index contributed by atoms with van der Waals surface area (Å²) in [6.45, 7) is 7.73.